The molecule has 0 N–H and O–H groups in total. The second-order valence-corrected chi connectivity index (χ2v) is 6.16. The summed E-state index contributed by atoms with van der Waals surface area (Å²) in [6.07, 6.45) is 6.96. The van der Waals surface area contributed by atoms with Gasteiger partial charge in [0.2, 0.25) is 11.7 Å². The van der Waals surface area contributed by atoms with Crippen LogP contribution in [0.2, 0.25) is 0 Å². The Balaban J connectivity index is 1.56. The normalized spacial score (nSPS) is 18.6. The molecule has 1 saturated heterocycles. The first-order valence-electron chi connectivity index (χ1n) is 8.42. The molecule has 3 heterocycles. The average Bonchev–Trinajstić information content (AvgIpc) is 3.14. The number of hydrogen-bond donors (Lipinski definition) is 0. The average molecular weight is 320 g/mol. The molecule has 2 aromatic heterocycles. The van der Waals surface area contributed by atoms with Gasteiger partial charge >= 0.3 is 0 Å². The summed E-state index contributed by atoms with van der Waals surface area (Å²) >= 11 is 0. The zero-order valence-electron chi connectivity index (χ0n) is 13.5. The van der Waals surface area contributed by atoms with E-state index in [9.17, 15) is 0 Å². The van der Waals surface area contributed by atoms with Crippen LogP contribution in [0.15, 0.2) is 59.4 Å². The first kappa shape index (κ1) is 15.0. The Morgan fingerprint density at radius 2 is 1.88 bits per heavy atom. The van der Waals surface area contributed by atoms with Gasteiger partial charge in [0.25, 0.3) is 0 Å². The van der Waals surface area contributed by atoms with Crippen molar-refractivity contribution in [1.29, 1.82) is 0 Å². The van der Waals surface area contributed by atoms with Gasteiger partial charge in [0.1, 0.15) is 0 Å². The van der Waals surface area contributed by atoms with Gasteiger partial charge in [0.05, 0.1) is 6.04 Å². The van der Waals surface area contributed by atoms with E-state index in [0.29, 0.717) is 5.82 Å². The topological polar surface area (TPSA) is 55.1 Å². The monoisotopic (exact) mass is 320 g/mol. The SMILES string of the molecule is c1ccc(CN2CCCC[C@@H]2c2nc(-c3ccncc3)no2)cc1. The Morgan fingerprint density at radius 3 is 2.71 bits per heavy atom. The lowest BCUT2D eigenvalue weighted by molar-refractivity contribution is 0.111. The summed E-state index contributed by atoms with van der Waals surface area (Å²) in [7, 11) is 0. The number of benzene rings is 1. The Kier molecular flexibility index (Phi) is 4.34. The molecular formula is C19H20N4O. The number of piperidine rings is 1. The molecule has 1 aromatic carbocycles. The predicted octanol–water partition coefficient (Wildman–Crippen LogP) is 3.86. The van der Waals surface area contributed by atoms with Gasteiger partial charge in [-0.3, -0.25) is 9.88 Å². The largest absolute Gasteiger partial charge is 0.337 e. The van der Waals surface area contributed by atoms with Crippen molar-refractivity contribution in [2.45, 2.75) is 31.8 Å². The zero-order chi connectivity index (χ0) is 16.2. The fraction of sp³-hybridized carbons (Fsp3) is 0.316. The van der Waals surface area contributed by atoms with Crippen LogP contribution in [0.4, 0.5) is 0 Å². The quantitative estimate of drug-likeness (QED) is 0.730. The Labute approximate surface area is 141 Å². The van der Waals surface area contributed by atoms with Crippen LogP contribution in [0.25, 0.3) is 11.4 Å². The van der Waals surface area contributed by atoms with Crippen molar-refractivity contribution in [3.63, 3.8) is 0 Å². The summed E-state index contributed by atoms with van der Waals surface area (Å²) in [6, 6.07) is 14.6. The molecule has 3 aromatic rings. The van der Waals surface area contributed by atoms with E-state index in [4.69, 9.17) is 4.52 Å². The number of nitrogens with zero attached hydrogens (tertiary/aromatic N) is 4. The van der Waals surface area contributed by atoms with Crippen LogP contribution >= 0.6 is 0 Å². The molecule has 122 valence electrons. The third kappa shape index (κ3) is 3.21. The molecule has 1 aliphatic heterocycles. The number of rotatable bonds is 4. The molecule has 4 rings (SSSR count). The lowest BCUT2D eigenvalue weighted by Crippen LogP contribution is -2.33. The molecule has 0 saturated carbocycles. The standard InChI is InChI=1S/C19H20N4O/c1-2-6-15(7-3-1)14-23-13-5-4-8-17(23)19-21-18(22-24-19)16-9-11-20-12-10-16/h1-3,6-7,9-12,17H,4-5,8,13-14H2/t17-/m1/s1. The van der Waals surface area contributed by atoms with Gasteiger partial charge in [-0.1, -0.05) is 41.9 Å². The highest BCUT2D eigenvalue weighted by atomic mass is 16.5. The summed E-state index contributed by atoms with van der Waals surface area (Å²) in [6.45, 7) is 1.98. The van der Waals surface area contributed by atoms with Crippen LogP contribution in [-0.4, -0.2) is 26.6 Å². The molecule has 1 aliphatic rings. The van der Waals surface area contributed by atoms with E-state index in [1.807, 2.05) is 12.1 Å². The highest BCUT2D eigenvalue weighted by molar-refractivity contribution is 5.52. The number of aromatic nitrogens is 3. The fourth-order valence-corrected chi connectivity index (χ4v) is 3.27. The van der Waals surface area contributed by atoms with Crippen molar-refractivity contribution in [1.82, 2.24) is 20.0 Å². The maximum atomic E-state index is 5.60. The van der Waals surface area contributed by atoms with Gasteiger partial charge in [0, 0.05) is 24.5 Å². The minimum absolute atomic E-state index is 0.196. The van der Waals surface area contributed by atoms with Gasteiger partial charge in [-0.15, -0.1) is 0 Å². The zero-order valence-corrected chi connectivity index (χ0v) is 13.5. The molecule has 0 radical (unpaired) electrons. The summed E-state index contributed by atoms with van der Waals surface area (Å²) in [5.74, 6) is 1.36. The number of likely N-dealkylation sites (tertiary alicyclic amines) is 1. The number of pyridine rings is 1. The third-order valence-electron chi connectivity index (χ3n) is 4.51. The minimum atomic E-state index is 0.196. The summed E-state index contributed by atoms with van der Waals surface area (Å²) in [5, 5.41) is 4.16. The second kappa shape index (κ2) is 6.93. The molecule has 0 amide bonds. The Bertz CT molecular complexity index is 772. The van der Waals surface area contributed by atoms with Crippen LogP contribution < -0.4 is 0 Å². The van der Waals surface area contributed by atoms with Crippen molar-refractivity contribution in [3.05, 3.63) is 66.3 Å². The maximum Gasteiger partial charge on any atom is 0.244 e. The van der Waals surface area contributed by atoms with E-state index in [-0.39, 0.29) is 6.04 Å². The third-order valence-corrected chi connectivity index (χ3v) is 4.51. The van der Waals surface area contributed by atoms with E-state index in [2.05, 4.69) is 50.4 Å². The van der Waals surface area contributed by atoms with E-state index >= 15 is 0 Å². The van der Waals surface area contributed by atoms with Crippen LogP contribution in [0.1, 0.15) is 36.8 Å². The smallest absolute Gasteiger partial charge is 0.244 e. The molecule has 0 bridgehead atoms. The maximum absolute atomic E-state index is 5.60. The second-order valence-electron chi connectivity index (χ2n) is 6.16. The van der Waals surface area contributed by atoms with Crippen LogP contribution in [0.5, 0.6) is 0 Å². The van der Waals surface area contributed by atoms with E-state index < -0.39 is 0 Å². The van der Waals surface area contributed by atoms with Crippen LogP contribution in [0.3, 0.4) is 0 Å². The van der Waals surface area contributed by atoms with Crippen molar-refractivity contribution in [2.75, 3.05) is 6.54 Å². The van der Waals surface area contributed by atoms with Crippen LogP contribution in [-0.2, 0) is 6.54 Å². The van der Waals surface area contributed by atoms with Crippen molar-refractivity contribution in [3.8, 4) is 11.4 Å². The molecular weight excluding hydrogens is 300 g/mol. The molecule has 5 heteroatoms. The van der Waals surface area contributed by atoms with Gasteiger partial charge in [-0.05, 0) is 37.1 Å². The van der Waals surface area contributed by atoms with Crippen molar-refractivity contribution in [2.24, 2.45) is 0 Å². The van der Waals surface area contributed by atoms with E-state index in [1.54, 1.807) is 12.4 Å². The molecule has 0 spiro atoms. The molecule has 24 heavy (non-hydrogen) atoms. The molecule has 5 nitrogen and oxygen atoms in total. The van der Waals surface area contributed by atoms with Gasteiger partial charge in [-0.25, -0.2) is 0 Å². The number of hydrogen-bond acceptors (Lipinski definition) is 5. The van der Waals surface area contributed by atoms with Crippen molar-refractivity contribution < 1.29 is 4.52 Å². The summed E-state index contributed by atoms with van der Waals surface area (Å²) in [4.78, 5) is 11.1. The molecule has 0 aliphatic carbocycles. The first-order chi connectivity index (χ1) is 11.9. The fourth-order valence-electron chi connectivity index (χ4n) is 3.27. The van der Waals surface area contributed by atoms with Crippen LogP contribution in [0, 0.1) is 0 Å². The minimum Gasteiger partial charge on any atom is -0.337 e. The first-order valence-corrected chi connectivity index (χ1v) is 8.42. The van der Waals surface area contributed by atoms with Gasteiger partial charge in [0.15, 0.2) is 0 Å². The van der Waals surface area contributed by atoms with Gasteiger partial charge < -0.3 is 4.52 Å². The Hall–Kier alpha value is -2.53. The highest BCUT2D eigenvalue weighted by Gasteiger charge is 2.28. The van der Waals surface area contributed by atoms with Crippen molar-refractivity contribution >= 4 is 0 Å². The lowest BCUT2D eigenvalue weighted by Gasteiger charge is -2.33. The van der Waals surface area contributed by atoms with Gasteiger partial charge in [-0.2, -0.15) is 4.98 Å². The summed E-state index contributed by atoms with van der Waals surface area (Å²) in [5.41, 5.74) is 2.25. The lowest BCUT2D eigenvalue weighted by atomic mass is 10.0. The highest BCUT2D eigenvalue weighted by Crippen LogP contribution is 2.32. The Morgan fingerprint density at radius 1 is 1.04 bits per heavy atom. The van der Waals surface area contributed by atoms with E-state index in [1.165, 1.54) is 18.4 Å². The summed E-state index contributed by atoms with van der Waals surface area (Å²) < 4.78 is 5.60. The molecule has 1 fully saturated rings. The predicted molar refractivity (Wildman–Crippen MR) is 91.0 cm³/mol. The molecule has 0 unspecified atom stereocenters. The van der Waals surface area contributed by atoms with E-state index in [0.717, 1.165) is 31.0 Å². The molecule has 1 atom stereocenters.